The molecule has 0 unspecified atom stereocenters. The van der Waals surface area contributed by atoms with Crippen LogP contribution in [0.4, 0.5) is 68.2 Å². The number of allylic oxidation sites excluding steroid dienone is 1. The van der Waals surface area contributed by atoms with Gasteiger partial charge in [-0.1, -0.05) is 175 Å². The van der Waals surface area contributed by atoms with Crippen molar-refractivity contribution >= 4 is 149 Å². The Hall–Kier alpha value is -16.6. The molecule has 1 fully saturated rings. The van der Waals surface area contributed by atoms with Gasteiger partial charge in [0.15, 0.2) is 5.75 Å². The third-order valence-corrected chi connectivity index (χ3v) is 25.9. The maximum Gasteiger partial charge on any atom is 0.257 e. The summed E-state index contributed by atoms with van der Waals surface area (Å²) in [6.07, 6.45) is 7.05. The number of carbonyl (C=O) groups is 7. The molecule has 0 bridgehead atoms. The van der Waals surface area contributed by atoms with Gasteiger partial charge in [-0.05, 0) is 200 Å². The van der Waals surface area contributed by atoms with E-state index in [1.807, 2.05) is 223 Å². The third kappa shape index (κ3) is 24.2. The number of aromatic nitrogens is 3. The molecule has 1 saturated heterocycles. The average molecular weight is 1950 g/mol. The van der Waals surface area contributed by atoms with Gasteiger partial charge in [-0.3, -0.25) is 39.0 Å². The van der Waals surface area contributed by atoms with Crippen LogP contribution in [-0.2, 0) is 46.5 Å². The van der Waals surface area contributed by atoms with Crippen molar-refractivity contribution in [3.8, 4) is 67.9 Å². The van der Waals surface area contributed by atoms with Crippen LogP contribution in [0.5, 0.6) is 11.5 Å². The van der Waals surface area contributed by atoms with E-state index in [4.69, 9.17) is 36.5 Å². The number of benzene rings is 12. The molecule has 0 aliphatic carbocycles. The van der Waals surface area contributed by atoms with Crippen molar-refractivity contribution in [1.29, 1.82) is 10.7 Å². The molecule has 27 nitrogen and oxygen atoms in total. The minimum atomic E-state index is -0.258. The Labute approximate surface area is 843 Å². The first-order valence-corrected chi connectivity index (χ1v) is 48.9. The summed E-state index contributed by atoms with van der Waals surface area (Å²) in [5, 5.41) is 61.2. The van der Waals surface area contributed by atoms with Crippen molar-refractivity contribution in [2.45, 2.75) is 163 Å². The van der Waals surface area contributed by atoms with Crippen LogP contribution in [0.2, 0.25) is 5.02 Å². The quantitative estimate of drug-likeness (QED) is 0.0355. The van der Waals surface area contributed by atoms with E-state index in [0.29, 0.717) is 109 Å². The van der Waals surface area contributed by atoms with Crippen molar-refractivity contribution in [2.75, 3.05) is 84.1 Å². The zero-order valence-corrected chi connectivity index (χ0v) is 83.1. The Morgan fingerprint density at radius 1 is 0.521 bits per heavy atom. The molecular weight excluding hydrogens is 1830 g/mol. The van der Waals surface area contributed by atoms with Crippen molar-refractivity contribution in [1.82, 2.24) is 14.3 Å². The highest BCUT2D eigenvalue weighted by molar-refractivity contribution is 6.31. The van der Waals surface area contributed by atoms with Crippen molar-refractivity contribution in [3.05, 3.63) is 311 Å². The number of nitriles is 1. The minimum absolute atomic E-state index is 0.0101. The molecule has 6 amide bonds. The fourth-order valence-electron chi connectivity index (χ4n) is 18.6. The van der Waals surface area contributed by atoms with Crippen LogP contribution in [0.25, 0.3) is 72.9 Å². The van der Waals surface area contributed by atoms with E-state index in [-0.39, 0.29) is 83.6 Å². The number of nitrogens with zero attached hydrogens (tertiary/aromatic N) is 4. The molecule has 21 rings (SSSR count). The number of rotatable bonds is 14. The lowest BCUT2D eigenvalue weighted by atomic mass is 9.97. The molecule has 6 atom stereocenters. The van der Waals surface area contributed by atoms with E-state index < -0.39 is 0 Å². The maximum atomic E-state index is 12.9. The van der Waals surface area contributed by atoms with Gasteiger partial charge in [-0.15, -0.1) is 0 Å². The van der Waals surface area contributed by atoms with E-state index in [1.54, 1.807) is 31.3 Å². The molecule has 144 heavy (non-hydrogen) atoms. The third-order valence-electron chi connectivity index (χ3n) is 25.4. The summed E-state index contributed by atoms with van der Waals surface area (Å²) in [4.78, 5) is 84.5. The molecule has 0 radical (unpaired) electrons. The molecule has 7 aliphatic heterocycles. The summed E-state index contributed by atoms with van der Waals surface area (Å²) in [5.41, 5.74) is 27.8. The lowest BCUT2D eigenvalue weighted by Crippen LogP contribution is -2.38. The zero-order valence-electron chi connectivity index (χ0n) is 82.3. The van der Waals surface area contributed by atoms with Crippen LogP contribution < -0.4 is 73.3 Å². The largest absolute Gasteiger partial charge is 0.487 e. The van der Waals surface area contributed by atoms with Crippen molar-refractivity contribution < 1.29 is 47.8 Å². The molecule has 12 aromatic carbocycles. The number of halogens is 1. The minimum Gasteiger partial charge on any atom is -0.487 e. The molecular formula is C116H118ClN17O10. The second kappa shape index (κ2) is 45.8. The average Bonchev–Trinajstić information content (AvgIpc) is 1.62. The highest BCUT2D eigenvalue weighted by Gasteiger charge is 2.31. The fraction of sp³-hybridized carbons (Fsp3) is 0.241. The maximum absolute atomic E-state index is 12.9. The Kier molecular flexibility index (Phi) is 31.9. The molecule has 2 aromatic heterocycles. The first-order chi connectivity index (χ1) is 69.6. The van der Waals surface area contributed by atoms with Crippen LogP contribution in [0, 0.1) is 30.6 Å². The predicted molar refractivity (Wildman–Crippen MR) is 580 cm³/mol. The number of fused-ring (bicyclic) bond motifs is 7. The van der Waals surface area contributed by atoms with Crippen molar-refractivity contribution in [3.63, 3.8) is 0 Å². The number of para-hydroxylation sites is 8. The van der Waals surface area contributed by atoms with E-state index in [0.717, 1.165) is 119 Å². The summed E-state index contributed by atoms with van der Waals surface area (Å²) >= 11 is 6.11. The molecule has 28 heteroatoms. The van der Waals surface area contributed by atoms with Gasteiger partial charge in [0.2, 0.25) is 29.5 Å². The second-order valence-corrected chi connectivity index (χ2v) is 37.4. The summed E-state index contributed by atoms with van der Waals surface area (Å²) in [7, 11) is 1.76. The van der Waals surface area contributed by atoms with Crippen molar-refractivity contribution in [2.24, 2.45) is 0 Å². The van der Waals surface area contributed by atoms with E-state index >= 15 is 0 Å². The van der Waals surface area contributed by atoms with Crippen LogP contribution in [0.15, 0.2) is 267 Å². The summed E-state index contributed by atoms with van der Waals surface area (Å²) in [6, 6.07) is 87.1. The smallest absolute Gasteiger partial charge is 0.257 e. The lowest BCUT2D eigenvalue weighted by Gasteiger charge is -2.26. The van der Waals surface area contributed by atoms with Gasteiger partial charge >= 0.3 is 0 Å². The topological polar surface area (TPSA) is 362 Å². The Morgan fingerprint density at radius 3 is 1.62 bits per heavy atom. The molecule has 14 aromatic rings. The second-order valence-electron chi connectivity index (χ2n) is 37.0. The van der Waals surface area contributed by atoms with Gasteiger partial charge in [-0.2, -0.15) is 10.4 Å². The molecule has 734 valence electrons. The molecule has 0 saturated carbocycles. The SMILES string of the molecule is C/C(=C\c1ccccc1)c1cccc2c1N[C@H](C)CC(=O)N2.CCn1c(-c2cccc3c2N[C@H](C)CC(=O)C3)cc2ccccc21.CNc1ccc(-c2cccc3c2N[C@H](C)CC(=O)N3)cc1C(=N)C#N.C[C@@H]1CC(=O)Nc2cccc(C(=O)Nc3cccc(OC4COC4)c3)c2N1.Cc1c(-c2cccc3c2O[C@H](C)CC(=O)N3)cnn1-c1ccccc1.Cc1cc(-c2cccc3c2N[C@H](C)CC(=O)N3)ccc1Cl. The normalized spacial score (nSPS) is 17.4. The molecule has 13 N–H and O–H groups in total. The fourth-order valence-corrected chi connectivity index (χ4v) is 18.7. The number of amides is 6. The first kappa shape index (κ1) is 100. The van der Waals surface area contributed by atoms with Crippen LogP contribution >= 0.6 is 11.6 Å². The lowest BCUT2D eigenvalue weighted by molar-refractivity contribution is -0.119. The van der Waals surface area contributed by atoms with E-state index in [1.165, 1.54) is 33.3 Å². The highest BCUT2D eigenvalue weighted by Crippen LogP contribution is 2.45. The number of nitrogens with one attached hydrogen (secondary N) is 13. The van der Waals surface area contributed by atoms with E-state index in [9.17, 15) is 33.6 Å². The van der Waals surface area contributed by atoms with Gasteiger partial charge in [0.05, 0.1) is 94.0 Å². The Balaban J connectivity index is 0.000000124. The van der Waals surface area contributed by atoms with Gasteiger partial charge < -0.3 is 82.6 Å². The standard InChI is InChI=1S/C21H22N2O.C20H21N3O4.C20H19N3O2.C19H19N5O.C19H20N2O.C17H17ClN2O/c1-3-23-19-10-5-4-7-15(19)13-20(23)18-9-6-8-16-12-17(24)11-14(2)22-21(16)18;1-12-8-18(24)23-17-7-3-6-16(19(17)21-12)20(25)22-13-4-2-5-14(9-13)27-15-10-26-11-15;1-13-11-19(24)22-18-10-6-9-16(20(18)25-13)17-12-21-23(14(17)2)15-7-4-3-5-8-15;1-11-8-18(25)24-17-5-3-4-13(19(17)23-11)12-6-7-16(22-2)14(9-12)15(21)10-20;1-13(11-15-7-4-3-5-8-15)16-9-6-10-17-19(16)20-14(2)12-18(22)21-17;1-10-8-12(6-7-14(10)18)13-4-3-5-15-17(13)19-11(2)9-16(21)20-15/h4-10,13-14,22H,3,11-12H2,1-2H3;2-7,9,12,15,21H,8,10-11H2,1H3,(H,22,25)(H,23,24);3-10,12-13H,11H2,1-2H3,(H,22,24);3-7,9,11,21-23H,8H2,1-2H3,(H,24,25);3-11,14,20H,12H2,1-2H3,(H,21,22);3-8,11,19H,9H2,1-2H3,(H,20,21)/b;;;;13-11+;/t14-;12-;13-;11-;14-;11-/m111111/s1. The summed E-state index contributed by atoms with van der Waals surface area (Å²) in [6.45, 7) is 22.3. The molecule has 0 spiro atoms. The first-order valence-electron chi connectivity index (χ1n) is 48.5. The zero-order chi connectivity index (χ0) is 101. The predicted octanol–water partition coefficient (Wildman–Crippen LogP) is 23.7. The van der Waals surface area contributed by atoms with Crippen LogP contribution in [0.1, 0.15) is 138 Å². The highest BCUT2D eigenvalue weighted by atomic mass is 35.5. The molecule has 9 heterocycles. The summed E-state index contributed by atoms with van der Waals surface area (Å²) in [5.74, 6) is 1.42. The number of carbonyl (C=O) groups excluding carboxylic acids is 7. The Bertz CT molecular complexity index is 7270. The van der Waals surface area contributed by atoms with Crippen LogP contribution in [-0.4, -0.2) is 124 Å². The number of Topliss-reactive ketones (excluding diaryl/α,β-unsaturated/α-hetero) is 1. The van der Waals surface area contributed by atoms with Gasteiger partial charge in [0, 0.05) is 166 Å². The number of hydrogen-bond acceptors (Lipinski definition) is 19. The monoisotopic (exact) mass is 1940 g/mol. The number of aryl methyl sites for hydroxylation is 2. The Morgan fingerprint density at radius 2 is 1.03 bits per heavy atom. The summed E-state index contributed by atoms with van der Waals surface area (Å²) < 4.78 is 21.2. The van der Waals surface area contributed by atoms with Crippen LogP contribution in [0.3, 0.4) is 0 Å². The number of ketones is 1. The number of ether oxygens (including phenoxy) is 3. The molecule has 7 aliphatic rings. The van der Waals surface area contributed by atoms with E-state index in [2.05, 4.69) is 179 Å². The number of hydrogen-bond donors (Lipinski definition) is 13. The van der Waals surface area contributed by atoms with Gasteiger partial charge in [0.25, 0.3) is 5.91 Å². The number of anilines is 12. The van der Waals surface area contributed by atoms with Gasteiger partial charge in [0.1, 0.15) is 35.5 Å². The van der Waals surface area contributed by atoms with Gasteiger partial charge in [-0.25, -0.2) is 4.68 Å².